The molecule has 4 aromatic heterocycles. The average Bonchev–Trinajstić information content (AvgIpc) is 3.66. The van der Waals surface area contributed by atoms with Gasteiger partial charge in [0.1, 0.15) is 23.1 Å². The lowest BCUT2D eigenvalue weighted by atomic mass is 10.1. The van der Waals surface area contributed by atoms with Crippen LogP contribution in [0.4, 0.5) is 23.5 Å². The molecule has 5 heterocycles. The summed E-state index contributed by atoms with van der Waals surface area (Å²) in [5.41, 5.74) is 1.56. The second kappa shape index (κ2) is 9.33. The maximum Gasteiger partial charge on any atom is 0.419 e. The number of H-pyrrole nitrogens is 1. The SMILES string of the molecule is Cc1noc(C)c1-c1ccc2c(-c3nc(N[C@H]4CCC[C@@H]4N4CC[C@@H](F)C4)ncc3C(F)(F)F)c[nH]c2n1. The molecule has 1 saturated carbocycles. The standard InChI is InChI=1S/C26H27F4N7O/c1-13-22(14(2)38-36-13)20-7-6-16-17(10-31-24(16)33-20)23-18(26(28,29)30)11-32-25(35-23)34-19-4-3-5-21(19)37-9-8-15(27)12-37/h6-7,10-11,15,19,21H,3-5,8-9,12H2,1-2H3,(H,31,33)(H,32,34,35)/t15-,19+,21+/m1/s1. The lowest BCUT2D eigenvalue weighted by molar-refractivity contribution is -0.137. The van der Waals surface area contributed by atoms with Crippen LogP contribution in [0.15, 0.2) is 29.0 Å². The molecule has 3 atom stereocenters. The number of aryl methyl sites for hydroxylation is 2. The molecule has 38 heavy (non-hydrogen) atoms. The molecule has 0 unspecified atom stereocenters. The Morgan fingerprint density at radius 3 is 2.68 bits per heavy atom. The lowest BCUT2D eigenvalue weighted by Gasteiger charge is -2.29. The van der Waals surface area contributed by atoms with E-state index in [-0.39, 0.29) is 29.3 Å². The summed E-state index contributed by atoms with van der Waals surface area (Å²) in [6.07, 6.45) is 0.00891. The van der Waals surface area contributed by atoms with E-state index in [4.69, 9.17) is 4.52 Å². The average molecular weight is 530 g/mol. The van der Waals surface area contributed by atoms with Crippen molar-refractivity contribution in [2.45, 2.75) is 64.0 Å². The van der Waals surface area contributed by atoms with Crippen LogP contribution in [0.2, 0.25) is 0 Å². The van der Waals surface area contributed by atoms with E-state index in [0.29, 0.717) is 47.7 Å². The first-order valence-electron chi connectivity index (χ1n) is 12.7. The van der Waals surface area contributed by atoms with E-state index >= 15 is 0 Å². The fourth-order valence-corrected chi connectivity index (χ4v) is 5.81. The summed E-state index contributed by atoms with van der Waals surface area (Å²) in [6.45, 7) is 4.65. The van der Waals surface area contributed by atoms with Crippen molar-refractivity contribution in [2.24, 2.45) is 0 Å². The van der Waals surface area contributed by atoms with Crippen LogP contribution >= 0.6 is 0 Å². The van der Waals surface area contributed by atoms with Crippen molar-refractivity contribution >= 4 is 17.0 Å². The molecule has 0 bridgehead atoms. The quantitative estimate of drug-likeness (QED) is 0.321. The number of anilines is 1. The smallest absolute Gasteiger partial charge is 0.361 e. The van der Waals surface area contributed by atoms with Gasteiger partial charge in [0, 0.05) is 48.5 Å². The van der Waals surface area contributed by atoms with Crippen LogP contribution in [0.1, 0.15) is 42.7 Å². The molecule has 6 rings (SSSR count). The highest BCUT2D eigenvalue weighted by atomic mass is 19.4. The van der Waals surface area contributed by atoms with Gasteiger partial charge in [-0.2, -0.15) is 13.2 Å². The molecule has 8 nitrogen and oxygen atoms in total. The minimum Gasteiger partial charge on any atom is -0.361 e. The molecular formula is C26H27F4N7O. The van der Waals surface area contributed by atoms with Gasteiger partial charge in [-0.1, -0.05) is 5.16 Å². The maximum absolute atomic E-state index is 14.0. The summed E-state index contributed by atoms with van der Waals surface area (Å²) in [5.74, 6) is 0.726. The number of fused-ring (bicyclic) bond motifs is 1. The highest BCUT2D eigenvalue weighted by Crippen LogP contribution is 2.39. The topological polar surface area (TPSA) is 95.8 Å². The summed E-state index contributed by atoms with van der Waals surface area (Å²) in [7, 11) is 0. The minimum absolute atomic E-state index is 0.0628. The van der Waals surface area contributed by atoms with E-state index in [9.17, 15) is 17.6 Å². The van der Waals surface area contributed by atoms with Gasteiger partial charge in [-0.05, 0) is 51.7 Å². The molecule has 2 fully saturated rings. The van der Waals surface area contributed by atoms with Gasteiger partial charge in [-0.15, -0.1) is 0 Å². The zero-order chi connectivity index (χ0) is 26.6. The number of nitrogens with zero attached hydrogens (tertiary/aromatic N) is 5. The molecule has 12 heteroatoms. The zero-order valence-corrected chi connectivity index (χ0v) is 20.9. The molecule has 1 saturated heterocycles. The first kappa shape index (κ1) is 24.8. The number of likely N-dealkylation sites (tertiary alicyclic amines) is 1. The zero-order valence-electron chi connectivity index (χ0n) is 20.9. The van der Waals surface area contributed by atoms with E-state index in [2.05, 4.69) is 35.3 Å². The van der Waals surface area contributed by atoms with Crippen LogP contribution in [0.25, 0.3) is 33.5 Å². The Labute approximate surface area is 215 Å². The molecule has 200 valence electrons. The van der Waals surface area contributed by atoms with Crippen molar-refractivity contribution in [3.05, 3.63) is 41.5 Å². The molecule has 0 aromatic carbocycles. The number of pyridine rings is 1. The van der Waals surface area contributed by atoms with Crippen molar-refractivity contribution in [2.75, 3.05) is 18.4 Å². The first-order chi connectivity index (χ1) is 18.2. The number of rotatable bonds is 5. The Bertz CT molecular complexity index is 1460. The highest BCUT2D eigenvalue weighted by molar-refractivity contribution is 5.94. The number of hydrogen-bond acceptors (Lipinski definition) is 7. The van der Waals surface area contributed by atoms with Crippen molar-refractivity contribution in [3.8, 4) is 22.5 Å². The normalized spacial score (nSPS) is 22.5. The van der Waals surface area contributed by atoms with Crippen LogP contribution in [0, 0.1) is 13.8 Å². The number of aromatic nitrogens is 5. The van der Waals surface area contributed by atoms with Crippen molar-refractivity contribution in [1.29, 1.82) is 0 Å². The first-order valence-corrected chi connectivity index (χ1v) is 12.7. The molecule has 2 N–H and O–H groups in total. The number of halogens is 4. The lowest BCUT2D eigenvalue weighted by Crippen LogP contribution is -2.43. The van der Waals surface area contributed by atoms with Gasteiger partial charge < -0.3 is 14.8 Å². The molecule has 2 aliphatic rings. The second-order valence-electron chi connectivity index (χ2n) is 10.1. The van der Waals surface area contributed by atoms with Crippen molar-refractivity contribution < 1.29 is 22.1 Å². The van der Waals surface area contributed by atoms with Crippen LogP contribution in [-0.2, 0) is 6.18 Å². The van der Waals surface area contributed by atoms with Gasteiger partial charge >= 0.3 is 6.18 Å². The molecule has 0 radical (unpaired) electrons. The van der Waals surface area contributed by atoms with Crippen LogP contribution in [0.5, 0.6) is 0 Å². The summed E-state index contributed by atoms with van der Waals surface area (Å²) in [5, 5.41) is 7.71. The van der Waals surface area contributed by atoms with Crippen LogP contribution in [0.3, 0.4) is 0 Å². The third-order valence-electron chi connectivity index (χ3n) is 7.60. The Kier molecular flexibility index (Phi) is 6.09. The van der Waals surface area contributed by atoms with Crippen molar-refractivity contribution in [1.82, 2.24) is 30.0 Å². The van der Waals surface area contributed by atoms with Gasteiger partial charge in [0.25, 0.3) is 0 Å². The van der Waals surface area contributed by atoms with Gasteiger partial charge in [-0.25, -0.2) is 19.3 Å². The van der Waals surface area contributed by atoms with E-state index in [1.54, 1.807) is 26.0 Å². The van der Waals surface area contributed by atoms with Gasteiger partial charge in [0.2, 0.25) is 5.95 Å². The maximum atomic E-state index is 14.0. The van der Waals surface area contributed by atoms with Crippen LogP contribution in [-0.4, -0.2) is 61.3 Å². The monoisotopic (exact) mass is 529 g/mol. The predicted molar refractivity (Wildman–Crippen MR) is 133 cm³/mol. The minimum atomic E-state index is -4.65. The third kappa shape index (κ3) is 4.40. The second-order valence-corrected chi connectivity index (χ2v) is 10.1. The summed E-state index contributed by atoms with van der Waals surface area (Å²) >= 11 is 0. The van der Waals surface area contributed by atoms with Gasteiger partial charge in [0.05, 0.1) is 22.6 Å². The molecule has 0 spiro atoms. The fourth-order valence-electron chi connectivity index (χ4n) is 5.81. The number of aromatic amines is 1. The summed E-state index contributed by atoms with van der Waals surface area (Å²) in [4.78, 5) is 18.1. The Morgan fingerprint density at radius 1 is 1.13 bits per heavy atom. The fraction of sp³-hybridized carbons (Fsp3) is 0.462. The van der Waals surface area contributed by atoms with Crippen LogP contribution < -0.4 is 5.32 Å². The third-order valence-corrected chi connectivity index (χ3v) is 7.60. The van der Waals surface area contributed by atoms with E-state index in [0.717, 1.165) is 31.0 Å². The summed E-state index contributed by atoms with van der Waals surface area (Å²) < 4.78 is 61.1. The molecular weight excluding hydrogens is 502 g/mol. The molecule has 1 aliphatic carbocycles. The Balaban J connectivity index is 1.36. The largest absolute Gasteiger partial charge is 0.419 e. The number of alkyl halides is 4. The van der Waals surface area contributed by atoms with E-state index in [1.807, 2.05) is 0 Å². The Hall–Kier alpha value is -3.54. The Morgan fingerprint density at radius 2 is 1.97 bits per heavy atom. The number of hydrogen-bond donors (Lipinski definition) is 2. The highest BCUT2D eigenvalue weighted by Gasteiger charge is 2.38. The van der Waals surface area contributed by atoms with Gasteiger partial charge in [-0.3, -0.25) is 4.90 Å². The number of nitrogens with one attached hydrogen (secondary N) is 2. The van der Waals surface area contributed by atoms with Gasteiger partial charge in [0.15, 0.2) is 0 Å². The van der Waals surface area contributed by atoms with E-state index < -0.39 is 17.9 Å². The summed E-state index contributed by atoms with van der Waals surface area (Å²) in [6, 6.07) is 3.49. The molecule has 1 aliphatic heterocycles. The van der Waals surface area contributed by atoms with E-state index in [1.165, 1.54) is 6.20 Å². The van der Waals surface area contributed by atoms with Crippen molar-refractivity contribution in [3.63, 3.8) is 0 Å². The molecule has 4 aromatic rings. The predicted octanol–water partition coefficient (Wildman–Crippen LogP) is 5.69. The molecule has 0 amide bonds.